The molecule has 0 aliphatic heterocycles. The highest BCUT2D eigenvalue weighted by Gasteiger charge is 2.09. The van der Waals surface area contributed by atoms with E-state index in [1.807, 2.05) is 48.8 Å². The van der Waals surface area contributed by atoms with Crippen LogP contribution >= 0.6 is 0 Å². The maximum absolute atomic E-state index is 14.3. The van der Waals surface area contributed by atoms with Gasteiger partial charge in [0.2, 0.25) is 0 Å². The van der Waals surface area contributed by atoms with Crippen LogP contribution in [0.1, 0.15) is 129 Å². The van der Waals surface area contributed by atoms with Crippen LogP contribution in [-0.2, 0) is 0 Å². The van der Waals surface area contributed by atoms with Crippen molar-refractivity contribution in [2.75, 3.05) is 13.2 Å². The molecule has 1 aromatic heterocycles. The molecule has 1 atom stereocenters. The molecule has 0 saturated heterocycles. The van der Waals surface area contributed by atoms with Gasteiger partial charge in [-0.1, -0.05) is 129 Å². The van der Waals surface area contributed by atoms with Crippen molar-refractivity contribution in [3.05, 3.63) is 60.9 Å². The summed E-state index contributed by atoms with van der Waals surface area (Å²) >= 11 is 0. The predicted octanol–water partition coefficient (Wildman–Crippen LogP) is 12.0. The summed E-state index contributed by atoms with van der Waals surface area (Å²) in [5.41, 5.74) is 2.92. The third kappa shape index (κ3) is 14.7. The second-order valence-corrected chi connectivity index (χ2v) is 12.2. The molecule has 0 aliphatic rings. The van der Waals surface area contributed by atoms with Crippen molar-refractivity contribution in [2.24, 2.45) is 0 Å². The Labute approximate surface area is 267 Å². The minimum atomic E-state index is -0.925. The van der Waals surface area contributed by atoms with Gasteiger partial charge in [-0.25, -0.2) is 14.4 Å². The van der Waals surface area contributed by atoms with E-state index >= 15 is 0 Å². The lowest BCUT2D eigenvalue weighted by atomic mass is 10.1. The number of nitrogens with zero attached hydrogens (tertiary/aromatic N) is 2. The van der Waals surface area contributed by atoms with Crippen molar-refractivity contribution in [3.63, 3.8) is 0 Å². The number of unbranched alkanes of at least 4 members (excludes halogenated alkanes) is 15. The van der Waals surface area contributed by atoms with E-state index in [2.05, 4.69) is 35.9 Å². The first kappa shape index (κ1) is 35.5. The van der Waals surface area contributed by atoms with Crippen LogP contribution in [0.25, 0.3) is 22.5 Å². The number of hydrogen-bond acceptors (Lipinski definition) is 4. The average molecular weight is 605 g/mol. The van der Waals surface area contributed by atoms with E-state index in [0.717, 1.165) is 48.3 Å². The van der Waals surface area contributed by atoms with Crippen LogP contribution < -0.4 is 9.47 Å². The maximum Gasteiger partial charge on any atom is 0.159 e. The maximum atomic E-state index is 14.3. The molecule has 5 heteroatoms. The Morgan fingerprint density at radius 3 is 1.52 bits per heavy atom. The zero-order valence-electron chi connectivity index (χ0n) is 27.6. The summed E-state index contributed by atoms with van der Waals surface area (Å²) in [6.45, 7) is 5.36. The van der Waals surface area contributed by atoms with Gasteiger partial charge in [0.25, 0.3) is 0 Å². The van der Waals surface area contributed by atoms with Gasteiger partial charge in [0.05, 0.1) is 6.61 Å². The Kier molecular flexibility index (Phi) is 18.2. The molecule has 2 aromatic carbocycles. The van der Waals surface area contributed by atoms with Crippen LogP contribution in [0.3, 0.4) is 0 Å². The normalized spacial score (nSPS) is 11.9. The third-order valence-corrected chi connectivity index (χ3v) is 8.27. The van der Waals surface area contributed by atoms with Gasteiger partial charge < -0.3 is 9.47 Å². The molecule has 3 rings (SSSR count). The van der Waals surface area contributed by atoms with E-state index in [1.165, 1.54) is 89.9 Å². The van der Waals surface area contributed by atoms with Crippen LogP contribution in [0.15, 0.2) is 60.9 Å². The van der Waals surface area contributed by atoms with E-state index in [4.69, 9.17) is 9.47 Å². The Morgan fingerprint density at radius 1 is 0.523 bits per heavy atom. The van der Waals surface area contributed by atoms with Gasteiger partial charge >= 0.3 is 0 Å². The lowest BCUT2D eigenvalue weighted by Crippen LogP contribution is -2.12. The van der Waals surface area contributed by atoms with Crippen LogP contribution in [0.5, 0.6) is 11.5 Å². The predicted molar refractivity (Wildman–Crippen MR) is 183 cm³/mol. The number of halogens is 1. The molecule has 0 N–H and O–H groups in total. The van der Waals surface area contributed by atoms with Crippen molar-refractivity contribution in [2.45, 2.75) is 136 Å². The lowest BCUT2D eigenvalue weighted by molar-refractivity contribution is 0.184. The summed E-state index contributed by atoms with van der Waals surface area (Å²) in [6.07, 6.45) is 25.0. The van der Waals surface area contributed by atoms with Gasteiger partial charge in [0.15, 0.2) is 5.82 Å². The van der Waals surface area contributed by atoms with Gasteiger partial charge in [-0.3, -0.25) is 0 Å². The van der Waals surface area contributed by atoms with Crippen LogP contribution in [-0.4, -0.2) is 29.4 Å². The second-order valence-electron chi connectivity index (χ2n) is 12.2. The molecule has 0 amide bonds. The molecule has 0 saturated carbocycles. The molecule has 242 valence electrons. The van der Waals surface area contributed by atoms with Crippen molar-refractivity contribution in [1.29, 1.82) is 0 Å². The summed E-state index contributed by atoms with van der Waals surface area (Å²) in [5.74, 6) is 2.23. The first-order chi connectivity index (χ1) is 21.7. The fourth-order valence-electron chi connectivity index (χ4n) is 5.44. The molecule has 4 nitrogen and oxygen atoms in total. The molecule has 44 heavy (non-hydrogen) atoms. The second kappa shape index (κ2) is 22.5. The van der Waals surface area contributed by atoms with Gasteiger partial charge in [0, 0.05) is 23.5 Å². The fraction of sp³-hybridized carbons (Fsp3) is 0.590. The van der Waals surface area contributed by atoms with Crippen molar-refractivity contribution in [1.82, 2.24) is 9.97 Å². The summed E-state index contributed by atoms with van der Waals surface area (Å²) in [6, 6.07) is 15.7. The molecular weight excluding hydrogens is 547 g/mol. The van der Waals surface area contributed by atoms with Crippen LogP contribution in [0, 0.1) is 0 Å². The van der Waals surface area contributed by atoms with Gasteiger partial charge in [-0.05, 0) is 54.8 Å². The Bertz CT molecular complexity index is 1100. The molecule has 1 unspecified atom stereocenters. The molecule has 0 bridgehead atoms. The van der Waals surface area contributed by atoms with E-state index in [0.29, 0.717) is 18.0 Å². The lowest BCUT2D eigenvalue weighted by Gasteiger charge is -2.11. The Balaban J connectivity index is 1.31. The molecule has 0 aliphatic carbocycles. The third-order valence-electron chi connectivity index (χ3n) is 8.27. The SMILES string of the molecule is CCCCCCCCCCCCOc1ccc(-c2cnc(-c3ccc(OCC(F)CCCCCCCCC)cc3)nc2)cc1. The minimum absolute atomic E-state index is 0.101. The molecular formula is C39H57FN2O2. The monoisotopic (exact) mass is 604 g/mol. The van der Waals surface area contributed by atoms with E-state index < -0.39 is 6.17 Å². The van der Waals surface area contributed by atoms with Crippen LogP contribution in [0.2, 0.25) is 0 Å². The molecule has 3 aromatic rings. The smallest absolute Gasteiger partial charge is 0.159 e. The quantitative estimate of drug-likeness (QED) is 0.0902. The topological polar surface area (TPSA) is 44.2 Å². The zero-order chi connectivity index (χ0) is 31.1. The van der Waals surface area contributed by atoms with Crippen molar-refractivity contribution < 1.29 is 13.9 Å². The number of benzene rings is 2. The van der Waals surface area contributed by atoms with Gasteiger partial charge in [-0.2, -0.15) is 0 Å². The number of aromatic nitrogens is 2. The average Bonchev–Trinajstić information content (AvgIpc) is 3.06. The van der Waals surface area contributed by atoms with Gasteiger partial charge in [0.1, 0.15) is 24.3 Å². The minimum Gasteiger partial charge on any atom is -0.494 e. The standard InChI is InChI=1S/C39H57FN2O2/c1-3-5-7-9-11-12-13-15-17-19-29-43-37-25-21-33(22-26-37)35-30-41-39(42-31-35)34-23-27-38(28-24-34)44-32-36(40)20-18-16-14-10-8-6-4-2/h21-28,30-31,36H,3-20,29,32H2,1-2H3. The van der Waals surface area contributed by atoms with E-state index in [9.17, 15) is 4.39 Å². The molecule has 0 radical (unpaired) electrons. The highest BCUT2D eigenvalue weighted by Crippen LogP contribution is 2.25. The van der Waals surface area contributed by atoms with Crippen LogP contribution in [0.4, 0.5) is 4.39 Å². The zero-order valence-corrected chi connectivity index (χ0v) is 27.6. The van der Waals surface area contributed by atoms with Crippen molar-refractivity contribution >= 4 is 0 Å². The summed E-state index contributed by atoms with van der Waals surface area (Å²) in [4.78, 5) is 9.17. The summed E-state index contributed by atoms with van der Waals surface area (Å²) < 4.78 is 25.9. The van der Waals surface area contributed by atoms with E-state index in [-0.39, 0.29) is 6.61 Å². The van der Waals surface area contributed by atoms with Gasteiger partial charge in [-0.15, -0.1) is 0 Å². The van der Waals surface area contributed by atoms with E-state index in [1.54, 1.807) is 0 Å². The largest absolute Gasteiger partial charge is 0.494 e. The number of rotatable bonds is 25. The summed E-state index contributed by atoms with van der Waals surface area (Å²) in [5, 5.41) is 0. The first-order valence-corrected chi connectivity index (χ1v) is 17.6. The molecule has 0 spiro atoms. The number of ether oxygens (including phenoxy) is 2. The Morgan fingerprint density at radius 2 is 0.977 bits per heavy atom. The number of hydrogen-bond donors (Lipinski definition) is 0. The highest BCUT2D eigenvalue weighted by molar-refractivity contribution is 5.64. The summed E-state index contributed by atoms with van der Waals surface area (Å²) in [7, 11) is 0. The molecule has 0 fully saturated rings. The molecule has 1 heterocycles. The number of alkyl halides is 1. The Hall–Kier alpha value is -2.95. The van der Waals surface area contributed by atoms with Crippen molar-refractivity contribution in [3.8, 4) is 34.0 Å². The fourth-order valence-corrected chi connectivity index (χ4v) is 5.44. The highest BCUT2D eigenvalue weighted by atomic mass is 19.1. The first-order valence-electron chi connectivity index (χ1n) is 17.6.